The minimum Gasteiger partial charge on any atom is -1.00 e. The van der Waals surface area contributed by atoms with Crippen molar-refractivity contribution in [3.8, 4) is 11.5 Å². The summed E-state index contributed by atoms with van der Waals surface area (Å²) in [6, 6.07) is 8.87. The molecule has 1 aliphatic carbocycles. The number of hydrazine groups is 1. The van der Waals surface area contributed by atoms with Crippen molar-refractivity contribution in [3.05, 3.63) is 57.6 Å². The number of rotatable bonds is 4. The summed E-state index contributed by atoms with van der Waals surface area (Å²) < 4.78 is 4.25. The maximum Gasteiger partial charge on any atom is -1.00 e. The summed E-state index contributed by atoms with van der Waals surface area (Å²) in [6.45, 7) is 26.2. The predicted molar refractivity (Wildman–Crippen MR) is 169 cm³/mol. The van der Waals surface area contributed by atoms with Crippen LogP contribution in [-0.4, -0.2) is 37.0 Å². The molecule has 0 aromatic heterocycles. The van der Waals surface area contributed by atoms with E-state index in [0.717, 1.165) is 35.1 Å². The number of hydrogen-bond acceptors (Lipinski definition) is 2. The van der Waals surface area contributed by atoms with Gasteiger partial charge in [0, 0.05) is 0 Å². The summed E-state index contributed by atoms with van der Waals surface area (Å²) >= 11 is 3.28. The molecule has 0 aliphatic heterocycles. The Bertz CT molecular complexity index is 1330. The van der Waals surface area contributed by atoms with Gasteiger partial charge in [0.25, 0.3) is 0 Å². The fourth-order valence-electron chi connectivity index (χ4n) is 5.52. The maximum atomic E-state index is 11.6. The third-order valence-electron chi connectivity index (χ3n) is 8.32. The largest absolute Gasteiger partial charge is 1.00 e. The smallest absolute Gasteiger partial charge is 1.00 e. The van der Waals surface area contributed by atoms with E-state index in [-0.39, 0.29) is 52.5 Å². The van der Waals surface area contributed by atoms with E-state index in [1.165, 1.54) is 30.4 Å². The summed E-state index contributed by atoms with van der Waals surface area (Å²) in [5.41, 5.74) is 5.40. The Labute approximate surface area is 283 Å². The standard InChI is InChI=1S/C36H54N2O2.2ClH.Cr/c1-33(2,3)26-18-24(31(39)29(20-26)35(7,8)9)22-37-38(28-16-14-13-15-17-28)23-25-19-27(34(4,5)6)21-30(32(25)40)36(10,11)12;;;/h18-23,28H,13-17H2,1-12H3,(H,37,39);2*1H;/q;;;+1/p-1. The summed E-state index contributed by atoms with van der Waals surface area (Å²) in [4.78, 5) is 0. The Balaban J connectivity index is 0.00000462. The van der Waals surface area contributed by atoms with Gasteiger partial charge < -0.3 is 24.8 Å². The van der Waals surface area contributed by atoms with Crippen molar-refractivity contribution in [1.82, 2.24) is 0 Å². The predicted octanol–water partition coefficient (Wildman–Crippen LogP) is 2.57. The third-order valence-corrected chi connectivity index (χ3v) is 8.78. The minimum atomic E-state index is -0.200. The van der Waals surface area contributed by atoms with Crippen molar-refractivity contribution in [2.45, 2.75) is 143 Å². The van der Waals surface area contributed by atoms with Crippen LogP contribution in [0.1, 0.15) is 149 Å². The molecule has 1 saturated carbocycles. The summed E-state index contributed by atoms with van der Waals surface area (Å²) in [5.74, 6) is 0.661. The second kappa shape index (κ2) is 14.3. The van der Waals surface area contributed by atoms with E-state index >= 15 is 0 Å². The Morgan fingerprint density at radius 2 is 0.977 bits per heavy atom. The molecule has 0 atom stereocenters. The topological polar surface area (TPSA) is 46.5 Å². The van der Waals surface area contributed by atoms with Crippen molar-refractivity contribution in [2.75, 3.05) is 0 Å². The molecule has 0 bridgehead atoms. The molecular weight excluding hydrogens is 615 g/mol. The molecule has 2 N–H and O–H groups in total. The quantitative estimate of drug-likeness (QED) is 0.299. The van der Waals surface area contributed by atoms with Gasteiger partial charge in [0.2, 0.25) is 0 Å². The maximum absolute atomic E-state index is 11.6. The van der Waals surface area contributed by atoms with Crippen LogP contribution in [-0.2, 0) is 38.2 Å². The van der Waals surface area contributed by atoms with Crippen LogP contribution in [0.15, 0.2) is 24.3 Å². The molecular formula is C36H55Cl2CrN2O2. The van der Waals surface area contributed by atoms with Gasteiger partial charge in [-0.15, -0.1) is 0 Å². The molecule has 0 saturated heterocycles. The molecule has 43 heavy (non-hydrogen) atoms. The molecule has 1 fully saturated rings. The average molecular weight is 671 g/mol. The normalized spacial score (nSPS) is 16.0. The average Bonchev–Trinajstić information content (AvgIpc) is 2.82. The van der Waals surface area contributed by atoms with E-state index in [1.807, 2.05) is 9.88 Å². The second-order valence-corrected chi connectivity index (χ2v) is 16.7. The molecule has 2 aromatic rings. The molecule has 241 valence electrons. The van der Waals surface area contributed by atoms with Crippen LogP contribution in [0.4, 0.5) is 0 Å². The van der Waals surface area contributed by atoms with E-state index < -0.39 is 0 Å². The zero-order valence-corrected chi connectivity index (χ0v) is 31.3. The third kappa shape index (κ3) is 9.74. The number of nitrogens with zero attached hydrogens (tertiary/aromatic N) is 2. The number of halogens is 2. The molecule has 0 heterocycles. The number of benzene rings is 2. The molecule has 2 aromatic carbocycles. The van der Waals surface area contributed by atoms with Crippen molar-refractivity contribution >= 4 is 12.4 Å². The first-order valence-corrected chi connectivity index (χ1v) is 15.9. The molecule has 4 nitrogen and oxygen atoms in total. The first-order chi connectivity index (χ1) is 18.6. The van der Waals surface area contributed by atoms with Gasteiger partial charge in [-0.1, -0.05) is 0 Å². The summed E-state index contributed by atoms with van der Waals surface area (Å²) in [7, 11) is 0. The summed E-state index contributed by atoms with van der Waals surface area (Å²) in [6.07, 6.45) is 9.90. The molecule has 1 aliphatic rings. The van der Waals surface area contributed by atoms with Crippen LogP contribution in [0.3, 0.4) is 0 Å². The Kier molecular flexibility index (Phi) is 13.1. The van der Waals surface area contributed by atoms with Crippen LogP contribution < -0.4 is 24.8 Å². The first kappa shape index (κ1) is 39.5. The molecule has 7 heteroatoms. The van der Waals surface area contributed by atoms with Crippen LogP contribution >= 0.6 is 0 Å². The van der Waals surface area contributed by atoms with E-state index in [1.54, 1.807) is 0 Å². The van der Waals surface area contributed by atoms with Gasteiger partial charge in [-0.2, -0.15) is 0 Å². The van der Waals surface area contributed by atoms with E-state index in [2.05, 4.69) is 135 Å². The van der Waals surface area contributed by atoms with Gasteiger partial charge in [0.15, 0.2) is 0 Å². The van der Waals surface area contributed by atoms with Gasteiger partial charge in [-0.3, -0.25) is 0 Å². The van der Waals surface area contributed by atoms with Crippen molar-refractivity contribution < 1.29 is 59.9 Å². The molecule has 0 amide bonds. The van der Waals surface area contributed by atoms with Gasteiger partial charge in [-0.05, 0) is 0 Å². The zero-order chi connectivity index (χ0) is 31.1. The fraction of sp³-hybridized carbons (Fsp3) is 0.611. The van der Waals surface area contributed by atoms with Gasteiger partial charge in [0.05, 0.1) is 0 Å². The zero-order valence-electron chi connectivity index (χ0n) is 28.5. The number of hydrazone groups is 2. The van der Waals surface area contributed by atoms with Gasteiger partial charge in [-0.25, -0.2) is 0 Å². The first-order valence-electron chi connectivity index (χ1n) is 15.3. The van der Waals surface area contributed by atoms with E-state index in [4.69, 9.17) is 0 Å². The van der Waals surface area contributed by atoms with Gasteiger partial charge >= 0.3 is 260 Å². The number of aromatic hydroxyl groups is 2. The number of hydrogen-bond donors (Lipinski definition) is 2. The van der Waals surface area contributed by atoms with Crippen LogP contribution in [0, 0.1) is 0 Å². The SMILES string of the molecule is CC(C)(C)c1cc(C=[N+]([Cr])[N+](=Cc2cc(C(C)(C)C)cc(C(C)(C)C)c2O)C2CCCCC2)c(O)c(C(C)(C)C)c1.[Cl-].[Cl-]. The van der Waals surface area contributed by atoms with Crippen molar-refractivity contribution in [3.63, 3.8) is 0 Å². The molecule has 3 rings (SSSR count). The number of phenolic OH excluding ortho intramolecular Hbond substituents is 2. The van der Waals surface area contributed by atoms with Gasteiger partial charge in [0.1, 0.15) is 0 Å². The van der Waals surface area contributed by atoms with Crippen LogP contribution in [0.25, 0.3) is 0 Å². The Hall–Kier alpha value is -1.51. The van der Waals surface area contributed by atoms with Crippen molar-refractivity contribution in [1.29, 1.82) is 0 Å². The second-order valence-electron chi connectivity index (χ2n) is 16.2. The number of phenols is 2. The van der Waals surface area contributed by atoms with E-state index in [9.17, 15) is 10.2 Å². The minimum absolute atomic E-state index is 0. The van der Waals surface area contributed by atoms with E-state index in [0.29, 0.717) is 11.5 Å². The Morgan fingerprint density at radius 1 is 0.605 bits per heavy atom. The monoisotopic (exact) mass is 669 g/mol. The Morgan fingerprint density at radius 3 is 1.33 bits per heavy atom. The molecule has 0 unspecified atom stereocenters. The van der Waals surface area contributed by atoms with Crippen molar-refractivity contribution in [2.24, 2.45) is 0 Å². The summed E-state index contributed by atoms with van der Waals surface area (Å²) in [5, 5.41) is 23.1. The fourth-order valence-corrected chi connectivity index (χ4v) is 5.98. The van der Waals surface area contributed by atoms with Crippen LogP contribution in [0.2, 0.25) is 0 Å². The molecule has 0 radical (unpaired) electrons. The van der Waals surface area contributed by atoms with Crippen LogP contribution in [0.5, 0.6) is 11.5 Å². The molecule has 0 spiro atoms.